The fraction of sp³-hybridized carbons (Fsp3) is 0.429. The minimum atomic E-state index is -0.446. The maximum absolute atomic E-state index is 13.7. The number of thioether (sulfide) groups is 1. The SMILES string of the molecule is CCCCC(Sc1nc2ccccc2c(=O)n1-c1ccc(F)cc1)C(=O)N1CCC(C(=O)OCC)CC1. The number of halogens is 1. The predicted octanol–water partition coefficient (Wildman–Crippen LogP) is 4.98. The first-order chi connectivity index (χ1) is 17.9. The van der Waals surface area contributed by atoms with Crippen molar-refractivity contribution in [1.29, 1.82) is 0 Å². The number of esters is 1. The lowest BCUT2D eigenvalue weighted by Gasteiger charge is -2.33. The monoisotopic (exact) mass is 525 g/mol. The van der Waals surface area contributed by atoms with Crippen LogP contribution in [0.2, 0.25) is 0 Å². The Kier molecular flexibility index (Phi) is 8.97. The number of aromatic nitrogens is 2. The van der Waals surface area contributed by atoms with Crippen LogP contribution >= 0.6 is 11.8 Å². The fourth-order valence-electron chi connectivity index (χ4n) is 4.56. The summed E-state index contributed by atoms with van der Waals surface area (Å²) in [4.78, 5) is 45.9. The number of amides is 1. The molecule has 3 aromatic rings. The van der Waals surface area contributed by atoms with Gasteiger partial charge in [-0.15, -0.1) is 0 Å². The van der Waals surface area contributed by atoms with Crippen LogP contribution in [0, 0.1) is 11.7 Å². The van der Waals surface area contributed by atoms with Crippen molar-refractivity contribution in [3.8, 4) is 5.69 Å². The van der Waals surface area contributed by atoms with E-state index in [2.05, 4.69) is 6.92 Å². The van der Waals surface area contributed by atoms with E-state index in [9.17, 15) is 18.8 Å². The summed E-state index contributed by atoms with van der Waals surface area (Å²) >= 11 is 1.28. The van der Waals surface area contributed by atoms with E-state index in [0.717, 1.165) is 12.8 Å². The Morgan fingerprint density at radius 1 is 1.11 bits per heavy atom. The highest BCUT2D eigenvalue weighted by atomic mass is 32.2. The number of hydrogen-bond acceptors (Lipinski definition) is 6. The third kappa shape index (κ3) is 6.21. The zero-order valence-corrected chi connectivity index (χ0v) is 22.0. The number of hydrogen-bond donors (Lipinski definition) is 0. The molecule has 1 atom stereocenters. The molecule has 2 aromatic carbocycles. The molecule has 1 aromatic heterocycles. The van der Waals surface area contributed by atoms with Gasteiger partial charge >= 0.3 is 5.97 Å². The smallest absolute Gasteiger partial charge is 0.309 e. The van der Waals surface area contributed by atoms with Crippen molar-refractivity contribution < 1.29 is 18.7 Å². The summed E-state index contributed by atoms with van der Waals surface area (Å²) in [5.74, 6) is -0.803. The normalized spacial score (nSPS) is 15.1. The molecule has 0 saturated carbocycles. The lowest BCUT2D eigenvalue weighted by Crippen LogP contribution is -2.44. The molecule has 1 saturated heterocycles. The number of benzene rings is 2. The number of unbranched alkanes of at least 4 members (excludes halogenated alkanes) is 1. The van der Waals surface area contributed by atoms with Gasteiger partial charge in [0.2, 0.25) is 5.91 Å². The molecule has 0 bridgehead atoms. The van der Waals surface area contributed by atoms with Gasteiger partial charge in [-0.05, 0) is 62.6 Å². The average molecular weight is 526 g/mol. The number of carbonyl (C=O) groups excluding carboxylic acids is 2. The van der Waals surface area contributed by atoms with Crippen LogP contribution in [0.25, 0.3) is 16.6 Å². The maximum Gasteiger partial charge on any atom is 0.309 e. The first kappa shape index (κ1) is 26.9. The van der Waals surface area contributed by atoms with E-state index in [4.69, 9.17) is 9.72 Å². The largest absolute Gasteiger partial charge is 0.466 e. The van der Waals surface area contributed by atoms with E-state index >= 15 is 0 Å². The fourth-order valence-corrected chi connectivity index (χ4v) is 5.79. The van der Waals surface area contributed by atoms with Gasteiger partial charge in [-0.1, -0.05) is 43.7 Å². The summed E-state index contributed by atoms with van der Waals surface area (Å²) in [6.07, 6.45) is 3.54. The Hall–Kier alpha value is -3.20. The number of fused-ring (bicyclic) bond motifs is 1. The number of para-hydroxylation sites is 1. The van der Waals surface area contributed by atoms with Crippen molar-refractivity contribution in [3.63, 3.8) is 0 Å². The predicted molar refractivity (Wildman–Crippen MR) is 142 cm³/mol. The molecule has 1 fully saturated rings. The molecule has 0 N–H and O–H groups in total. The molecule has 2 heterocycles. The van der Waals surface area contributed by atoms with E-state index in [1.807, 2.05) is 11.0 Å². The number of likely N-dealkylation sites (tertiary alicyclic amines) is 1. The first-order valence-corrected chi connectivity index (χ1v) is 13.7. The Morgan fingerprint density at radius 3 is 2.49 bits per heavy atom. The summed E-state index contributed by atoms with van der Waals surface area (Å²) in [6.45, 7) is 5.18. The Balaban J connectivity index is 1.65. The van der Waals surface area contributed by atoms with Gasteiger partial charge in [0.1, 0.15) is 5.82 Å². The minimum absolute atomic E-state index is 0.0196. The number of piperidine rings is 1. The van der Waals surface area contributed by atoms with Gasteiger partial charge in [0, 0.05) is 13.1 Å². The Morgan fingerprint density at radius 2 is 1.81 bits per heavy atom. The van der Waals surface area contributed by atoms with Gasteiger partial charge in [0.15, 0.2) is 5.16 Å². The number of carbonyl (C=O) groups is 2. The Bertz CT molecular complexity index is 1300. The van der Waals surface area contributed by atoms with E-state index in [-0.39, 0.29) is 23.4 Å². The molecule has 4 rings (SSSR count). The highest BCUT2D eigenvalue weighted by Crippen LogP contribution is 2.31. The topological polar surface area (TPSA) is 81.5 Å². The van der Waals surface area contributed by atoms with E-state index in [1.165, 1.54) is 28.5 Å². The Labute approximate surface area is 220 Å². The van der Waals surface area contributed by atoms with Gasteiger partial charge in [0.25, 0.3) is 5.56 Å². The molecule has 1 amide bonds. The standard InChI is InChI=1S/C28H32FN3O4S/c1-3-5-10-24(26(34)31-17-15-19(16-18-31)27(35)36-4-2)37-28-30-23-9-7-6-8-22(23)25(33)32(28)21-13-11-20(29)12-14-21/h6-9,11-14,19,24H,3-5,10,15-18H2,1-2H3. The quantitative estimate of drug-likeness (QED) is 0.223. The highest BCUT2D eigenvalue weighted by Gasteiger charge is 2.32. The molecule has 1 aliphatic rings. The van der Waals surface area contributed by atoms with Crippen molar-refractivity contribution in [1.82, 2.24) is 14.5 Å². The highest BCUT2D eigenvalue weighted by molar-refractivity contribution is 8.00. The van der Waals surface area contributed by atoms with Crippen LogP contribution in [0.1, 0.15) is 46.0 Å². The van der Waals surface area contributed by atoms with Gasteiger partial charge in [0.05, 0.1) is 34.4 Å². The van der Waals surface area contributed by atoms with Crippen LogP contribution < -0.4 is 5.56 Å². The lowest BCUT2D eigenvalue weighted by atomic mass is 9.96. The molecule has 37 heavy (non-hydrogen) atoms. The molecule has 0 aliphatic carbocycles. The summed E-state index contributed by atoms with van der Waals surface area (Å²) in [5.41, 5.74) is 0.769. The molecule has 7 nitrogen and oxygen atoms in total. The molecule has 1 aliphatic heterocycles. The maximum atomic E-state index is 13.7. The summed E-state index contributed by atoms with van der Waals surface area (Å²) in [7, 11) is 0. The second-order valence-electron chi connectivity index (χ2n) is 9.13. The lowest BCUT2D eigenvalue weighted by molar-refractivity contribution is -0.151. The zero-order chi connectivity index (χ0) is 26.4. The van der Waals surface area contributed by atoms with Crippen molar-refractivity contribution in [2.24, 2.45) is 5.92 Å². The second kappa shape index (κ2) is 12.4. The van der Waals surface area contributed by atoms with Gasteiger partial charge in [-0.2, -0.15) is 0 Å². The summed E-state index contributed by atoms with van der Waals surface area (Å²) < 4.78 is 20.3. The summed E-state index contributed by atoms with van der Waals surface area (Å²) in [5, 5.41) is 0.402. The molecule has 0 spiro atoms. The van der Waals surface area contributed by atoms with E-state index < -0.39 is 11.1 Å². The first-order valence-electron chi connectivity index (χ1n) is 12.8. The molecular weight excluding hydrogens is 493 g/mol. The molecule has 9 heteroatoms. The number of ether oxygens (including phenoxy) is 1. The number of rotatable bonds is 9. The van der Waals surface area contributed by atoms with Crippen molar-refractivity contribution >= 4 is 34.5 Å². The van der Waals surface area contributed by atoms with Crippen LogP contribution in [0.3, 0.4) is 0 Å². The average Bonchev–Trinajstić information content (AvgIpc) is 2.92. The van der Waals surface area contributed by atoms with Crippen molar-refractivity contribution in [2.45, 2.75) is 56.4 Å². The molecule has 1 unspecified atom stereocenters. The van der Waals surface area contributed by atoms with Crippen LogP contribution in [-0.2, 0) is 14.3 Å². The van der Waals surface area contributed by atoms with Crippen molar-refractivity contribution in [3.05, 3.63) is 64.7 Å². The van der Waals surface area contributed by atoms with Crippen LogP contribution in [0.15, 0.2) is 58.5 Å². The molecule has 0 radical (unpaired) electrons. The van der Waals surface area contributed by atoms with Crippen LogP contribution in [-0.4, -0.2) is 51.3 Å². The second-order valence-corrected chi connectivity index (χ2v) is 10.3. The summed E-state index contributed by atoms with van der Waals surface area (Å²) in [6, 6.07) is 12.8. The number of nitrogens with zero attached hydrogens (tertiary/aromatic N) is 3. The third-order valence-corrected chi connectivity index (χ3v) is 7.81. The molecule has 196 valence electrons. The van der Waals surface area contributed by atoms with Crippen LogP contribution in [0.4, 0.5) is 4.39 Å². The molecular formula is C28H32FN3O4S. The van der Waals surface area contributed by atoms with Gasteiger partial charge in [-0.25, -0.2) is 9.37 Å². The van der Waals surface area contributed by atoms with Gasteiger partial charge in [-0.3, -0.25) is 19.0 Å². The van der Waals surface area contributed by atoms with E-state index in [1.54, 1.807) is 37.3 Å². The van der Waals surface area contributed by atoms with E-state index in [0.29, 0.717) is 60.7 Å². The minimum Gasteiger partial charge on any atom is -0.466 e. The van der Waals surface area contributed by atoms with Crippen LogP contribution in [0.5, 0.6) is 0 Å². The zero-order valence-electron chi connectivity index (χ0n) is 21.2. The van der Waals surface area contributed by atoms with Gasteiger partial charge < -0.3 is 9.64 Å². The van der Waals surface area contributed by atoms with Crippen molar-refractivity contribution in [2.75, 3.05) is 19.7 Å². The third-order valence-electron chi connectivity index (χ3n) is 6.60.